The molecule has 0 spiro atoms. The van der Waals surface area contributed by atoms with Crippen LogP contribution < -0.4 is 10.2 Å². The van der Waals surface area contributed by atoms with Crippen molar-refractivity contribution in [2.75, 3.05) is 31.1 Å². The predicted molar refractivity (Wildman–Crippen MR) is 75.4 cm³/mol. The molecule has 6 nitrogen and oxygen atoms in total. The van der Waals surface area contributed by atoms with E-state index in [9.17, 15) is 13.2 Å². The van der Waals surface area contributed by atoms with E-state index in [1.807, 2.05) is 4.90 Å². The first-order valence-corrected chi connectivity index (χ1v) is 5.81. The molecule has 0 atom stereocenters. The van der Waals surface area contributed by atoms with Gasteiger partial charge in [-0.2, -0.15) is 17.7 Å². The summed E-state index contributed by atoms with van der Waals surface area (Å²) < 4.78 is 39.0. The molecule has 0 aromatic carbocycles. The third-order valence-corrected chi connectivity index (χ3v) is 2.94. The van der Waals surface area contributed by atoms with Crippen LogP contribution in [0, 0.1) is 0 Å². The maximum atomic E-state index is 12.7. The van der Waals surface area contributed by atoms with Gasteiger partial charge in [-0.05, 0) is 12.1 Å². The topological polar surface area (TPSA) is 58.4 Å². The van der Waals surface area contributed by atoms with Gasteiger partial charge in [0.1, 0.15) is 5.82 Å². The van der Waals surface area contributed by atoms with Gasteiger partial charge in [0, 0.05) is 26.2 Å². The first kappa shape index (κ1) is 17.7. The molecule has 0 unspecified atom stereocenters. The quantitative estimate of drug-likeness (QED) is 0.847. The normalized spacial score (nSPS) is 15.5. The average molecular weight is 345 g/mol. The minimum absolute atomic E-state index is 0. The van der Waals surface area contributed by atoms with Crippen LogP contribution in [0.3, 0.4) is 0 Å². The molecule has 0 amide bonds. The Morgan fingerprint density at radius 1 is 1.05 bits per heavy atom. The number of nitrogens with one attached hydrogen (secondary N) is 1. The van der Waals surface area contributed by atoms with Gasteiger partial charge < -0.3 is 10.2 Å². The van der Waals surface area contributed by atoms with Gasteiger partial charge in [-0.25, -0.2) is 0 Å². The van der Waals surface area contributed by atoms with E-state index < -0.39 is 12.0 Å². The van der Waals surface area contributed by atoms with Crippen LogP contribution in [0.15, 0.2) is 12.1 Å². The average Bonchev–Trinajstić information content (AvgIpc) is 2.82. The lowest BCUT2D eigenvalue weighted by Gasteiger charge is -2.28. The van der Waals surface area contributed by atoms with Crippen LogP contribution in [0.2, 0.25) is 0 Å². The fourth-order valence-corrected chi connectivity index (χ4v) is 2.02. The van der Waals surface area contributed by atoms with E-state index in [0.29, 0.717) is 18.9 Å². The number of aromatic nitrogens is 4. The monoisotopic (exact) mass is 344 g/mol. The Morgan fingerprint density at radius 3 is 2.33 bits per heavy atom. The van der Waals surface area contributed by atoms with Crippen LogP contribution >= 0.6 is 24.8 Å². The van der Waals surface area contributed by atoms with Crippen molar-refractivity contribution in [3.63, 3.8) is 0 Å². The molecule has 1 saturated heterocycles. The number of halogens is 5. The molecule has 0 radical (unpaired) electrons. The second-order valence-electron chi connectivity index (χ2n) is 4.22. The lowest BCUT2D eigenvalue weighted by Crippen LogP contribution is -2.44. The summed E-state index contributed by atoms with van der Waals surface area (Å²) in [5.41, 5.74) is 0.0891. The van der Waals surface area contributed by atoms with Gasteiger partial charge >= 0.3 is 6.18 Å². The minimum atomic E-state index is -4.56. The Kier molecular flexibility index (Phi) is 5.60. The molecule has 21 heavy (non-hydrogen) atoms. The largest absolute Gasteiger partial charge is 0.453 e. The molecule has 0 saturated carbocycles. The molecule has 3 heterocycles. The van der Waals surface area contributed by atoms with Crippen molar-refractivity contribution in [2.45, 2.75) is 6.18 Å². The van der Waals surface area contributed by atoms with Crippen LogP contribution in [0.1, 0.15) is 5.82 Å². The summed E-state index contributed by atoms with van der Waals surface area (Å²) in [5, 5.41) is 13.8. The second kappa shape index (κ2) is 6.63. The molecule has 11 heteroatoms. The molecule has 1 N–H and O–H groups in total. The highest BCUT2D eigenvalue weighted by atomic mass is 35.5. The fourth-order valence-electron chi connectivity index (χ4n) is 2.02. The van der Waals surface area contributed by atoms with E-state index in [1.54, 1.807) is 6.07 Å². The van der Waals surface area contributed by atoms with E-state index in [-0.39, 0.29) is 30.5 Å². The van der Waals surface area contributed by atoms with Crippen molar-refractivity contribution < 1.29 is 13.2 Å². The van der Waals surface area contributed by atoms with Gasteiger partial charge in [0.2, 0.25) is 0 Å². The maximum Gasteiger partial charge on any atom is 0.453 e. The molecule has 3 rings (SSSR count). The number of hydrogen-bond acceptors (Lipinski definition) is 5. The molecule has 1 fully saturated rings. The van der Waals surface area contributed by atoms with Gasteiger partial charge in [0.15, 0.2) is 5.65 Å². The molecule has 1 aliphatic heterocycles. The number of hydrogen-bond donors (Lipinski definition) is 1. The van der Waals surface area contributed by atoms with Crippen LogP contribution in [-0.4, -0.2) is 46.0 Å². The zero-order valence-electron chi connectivity index (χ0n) is 10.7. The molecule has 0 aliphatic carbocycles. The zero-order valence-corrected chi connectivity index (χ0v) is 12.3. The highest BCUT2D eigenvalue weighted by molar-refractivity contribution is 5.85. The number of piperazine rings is 1. The number of nitrogens with zero attached hydrogens (tertiary/aromatic N) is 5. The molecule has 118 valence electrons. The van der Waals surface area contributed by atoms with E-state index in [0.717, 1.165) is 17.6 Å². The van der Waals surface area contributed by atoms with Gasteiger partial charge in [-0.1, -0.05) is 0 Å². The van der Waals surface area contributed by atoms with Crippen molar-refractivity contribution in [2.24, 2.45) is 0 Å². The Balaban J connectivity index is 0.00000110. The third kappa shape index (κ3) is 3.47. The number of fused-ring (bicyclic) bond motifs is 1. The Hall–Kier alpha value is -1.32. The van der Waals surface area contributed by atoms with E-state index >= 15 is 0 Å². The highest BCUT2D eigenvalue weighted by Gasteiger charge is 2.37. The molecular formula is C10H13Cl2F3N6. The van der Waals surface area contributed by atoms with Gasteiger partial charge in [0.25, 0.3) is 5.82 Å². The first-order chi connectivity index (χ1) is 9.05. The first-order valence-electron chi connectivity index (χ1n) is 5.81. The van der Waals surface area contributed by atoms with Crippen LogP contribution in [-0.2, 0) is 6.18 Å². The van der Waals surface area contributed by atoms with Gasteiger partial charge in [-0.3, -0.25) is 0 Å². The number of anilines is 1. The van der Waals surface area contributed by atoms with Crippen molar-refractivity contribution in [1.82, 2.24) is 25.1 Å². The van der Waals surface area contributed by atoms with E-state index in [4.69, 9.17) is 0 Å². The van der Waals surface area contributed by atoms with Crippen molar-refractivity contribution >= 4 is 36.3 Å². The smallest absolute Gasteiger partial charge is 0.353 e. The van der Waals surface area contributed by atoms with E-state index in [2.05, 4.69) is 20.6 Å². The molecule has 2 aromatic heterocycles. The standard InChI is InChI=1S/C10H11F3N6.2ClH/c11-10(12,13)9-16-15-7-1-2-8(17-19(7)9)18-5-3-14-4-6-18;;/h1-2,14H,3-6H2;2*1H. The lowest BCUT2D eigenvalue weighted by atomic mass is 10.3. The molecule has 2 aromatic rings. The zero-order chi connectivity index (χ0) is 13.5. The van der Waals surface area contributed by atoms with Gasteiger partial charge in [0.05, 0.1) is 0 Å². The van der Waals surface area contributed by atoms with Crippen LogP contribution in [0.25, 0.3) is 5.65 Å². The Morgan fingerprint density at radius 2 is 1.71 bits per heavy atom. The summed E-state index contributed by atoms with van der Waals surface area (Å²) in [7, 11) is 0. The second-order valence-corrected chi connectivity index (χ2v) is 4.22. The SMILES string of the molecule is Cl.Cl.FC(F)(F)c1nnc2ccc(N3CCNCC3)nn12. The fraction of sp³-hybridized carbons (Fsp3) is 0.500. The van der Waals surface area contributed by atoms with Crippen LogP contribution in [0.5, 0.6) is 0 Å². The Labute approximate surface area is 130 Å². The Bertz CT molecular complexity index is 596. The van der Waals surface area contributed by atoms with Crippen molar-refractivity contribution in [3.8, 4) is 0 Å². The molecule has 0 bridgehead atoms. The minimum Gasteiger partial charge on any atom is -0.353 e. The van der Waals surface area contributed by atoms with Crippen LogP contribution in [0.4, 0.5) is 19.0 Å². The number of rotatable bonds is 1. The van der Waals surface area contributed by atoms with Gasteiger partial charge in [-0.15, -0.1) is 40.1 Å². The lowest BCUT2D eigenvalue weighted by molar-refractivity contribution is -0.146. The van der Waals surface area contributed by atoms with Crippen molar-refractivity contribution in [1.29, 1.82) is 0 Å². The summed E-state index contributed by atoms with van der Waals surface area (Å²) in [6, 6.07) is 3.15. The number of alkyl halides is 3. The summed E-state index contributed by atoms with van der Waals surface area (Å²) in [4.78, 5) is 1.93. The summed E-state index contributed by atoms with van der Waals surface area (Å²) >= 11 is 0. The summed E-state index contributed by atoms with van der Waals surface area (Å²) in [6.45, 7) is 2.99. The van der Waals surface area contributed by atoms with E-state index in [1.165, 1.54) is 6.07 Å². The molecule has 1 aliphatic rings. The summed E-state index contributed by atoms with van der Waals surface area (Å²) in [6.07, 6.45) is -4.56. The molecular weight excluding hydrogens is 332 g/mol. The predicted octanol–water partition coefficient (Wildman–Crippen LogP) is 1.40. The maximum absolute atomic E-state index is 12.7. The summed E-state index contributed by atoms with van der Waals surface area (Å²) in [5.74, 6) is -0.598. The van der Waals surface area contributed by atoms with Crippen molar-refractivity contribution in [3.05, 3.63) is 18.0 Å². The highest BCUT2D eigenvalue weighted by Crippen LogP contribution is 2.27. The third-order valence-electron chi connectivity index (χ3n) is 2.94.